The molecule has 11 heterocycles. The van der Waals surface area contributed by atoms with E-state index in [1.165, 1.54) is 13.8 Å². The summed E-state index contributed by atoms with van der Waals surface area (Å²) in [5, 5.41) is 17.2. The number of nitrogens with two attached hydrogens (primary N) is 1. The second-order valence-electron chi connectivity index (χ2n) is 29.2. The molecule has 0 radical (unpaired) electrons. The first kappa shape index (κ1) is 75.9. The third-order valence-corrected chi connectivity index (χ3v) is 21.6. The molecule has 28 nitrogen and oxygen atoms in total. The Morgan fingerprint density at radius 3 is 2.12 bits per heavy atom. The van der Waals surface area contributed by atoms with Crippen LogP contribution in [0.3, 0.4) is 0 Å². The highest BCUT2D eigenvalue weighted by atomic mass is 16.8. The molecule has 12 rings (SSSR count). The van der Waals surface area contributed by atoms with E-state index in [0.29, 0.717) is 48.3 Å². The summed E-state index contributed by atoms with van der Waals surface area (Å²) in [6.07, 6.45) is 0.0581. The maximum Gasteiger partial charge on any atom is 0.335 e. The summed E-state index contributed by atoms with van der Waals surface area (Å²) in [6, 6.07) is 4.35. The van der Waals surface area contributed by atoms with Crippen LogP contribution < -0.4 is 16.4 Å². The van der Waals surface area contributed by atoms with Gasteiger partial charge in [-0.05, 0) is 86.5 Å². The van der Waals surface area contributed by atoms with Gasteiger partial charge in [-0.25, -0.2) is 4.79 Å². The number of benzene rings is 1. The molecule has 1 spiro atoms. The number of primary amides is 1. The summed E-state index contributed by atoms with van der Waals surface area (Å²) in [4.78, 5) is 132. The number of fused-ring (bicyclic) bond motifs is 6. The number of imide groups is 1. The quantitative estimate of drug-likeness (QED) is 0.0381. The number of aliphatic hydroxyl groups is 1. The van der Waals surface area contributed by atoms with Crippen LogP contribution in [0.5, 0.6) is 0 Å². The first-order chi connectivity index (χ1) is 48.4. The van der Waals surface area contributed by atoms with Crippen molar-refractivity contribution in [2.45, 2.75) is 284 Å². The molecular formula is C73H100N4O24. The van der Waals surface area contributed by atoms with Gasteiger partial charge in [-0.3, -0.25) is 43.2 Å². The number of nitrogens with one attached hydrogen (secondary N) is 2. The minimum Gasteiger partial charge on any atom is -0.461 e. The number of carbonyl (C=O) groups excluding carboxylic acids is 10. The molecule has 11 aliphatic rings. The van der Waals surface area contributed by atoms with Crippen LogP contribution in [-0.4, -0.2) is 218 Å². The van der Waals surface area contributed by atoms with Crippen molar-refractivity contribution in [3.8, 4) is 0 Å². The molecule has 28 heteroatoms. The largest absolute Gasteiger partial charge is 0.461 e. The maximum absolute atomic E-state index is 14.5. The number of hydrogen-bond donors (Lipinski definition) is 4. The van der Waals surface area contributed by atoms with Crippen molar-refractivity contribution in [3.63, 3.8) is 0 Å². The molecule has 11 fully saturated rings. The van der Waals surface area contributed by atoms with Gasteiger partial charge in [0, 0.05) is 96.0 Å². The fraction of sp³-hybridized carbons (Fsp3) is 0.726. The number of hydroxylamine groups is 2. The van der Waals surface area contributed by atoms with E-state index in [9.17, 15) is 53.1 Å². The van der Waals surface area contributed by atoms with Gasteiger partial charge in [0.1, 0.15) is 42.9 Å². The van der Waals surface area contributed by atoms with Crippen LogP contribution in [0.2, 0.25) is 0 Å². The molecule has 0 saturated carbocycles. The number of carbonyl (C=O) groups is 10. The molecule has 0 aromatic heterocycles. The Balaban J connectivity index is 0.619. The van der Waals surface area contributed by atoms with Gasteiger partial charge in [0.2, 0.25) is 17.7 Å². The van der Waals surface area contributed by atoms with E-state index < -0.39 is 126 Å². The lowest BCUT2D eigenvalue weighted by Crippen LogP contribution is -2.61. The number of Topliss-reactive ketones (excluding diaryl/α,β-unsaturated/α-hetero) is 3. The number of ketones is 3. The second-order valence-corrected chi connectivity index (χ2v) is 29.2. The number of amides is 5. The van der Waals surface area contributed by atoms with Gasteiger partial charge in [0.25, 0.3) is 11.8 Å². The maximum atomic E-state index is 14.5. The SMILES string of the molecule is C=C1CC2CC[C@@]34CC5O[C@H]6[C@@H](O3)[C@H]3OC(CC[C@@H]3O[C@H]6C5O4)CC(=O)C[C@H]3[C@H](C[C@H]4OC(CC[C@@H]1O2)C[C@@H](C)C4=C)OC(C[C@H](O)CCC(=O)OCc1ccc(CC(=O)[C@H](CC(N)=O)NC(=O)[C@H](C)CC(=O)[C@H](C)NC(=O)CCOCCOCCC(=O)ON2C(=O)CCC2=O)cc1)[C@@H]3OC. The smallest absolute Gasteiger partial charge is 0.335 e. The highest BCUT2D eigenvalue weighted by Gasteiger charge is 2.69. The van der Waals surface area contributed by atoms with Crippen LogP contribution in [0.15, 0.2) is 48.6 Å². The molecule has 11 aliphatic heterocycles. The van der Waals surface area contributed by atoms with E-state index in [1.54, 1.807) is 31.4 Å². The standard InChI is InChI=1S/C73H100N4O24/c1-38-27-47-12-14-54-39(2)28-49(93-54)19-22-73-36-59-68(99-73)69-70(98-59)71(100-73)67-55(97-69)15-13-48(95-67)31-46(79)32-50-57(35-56(94-47)41(38)4)96-58(66(50)89-6)33-45(78)11-18-64(86)92-37-44-9-7-43(8-10-44)30-53(81)51(34-60(74)82)76-72(88)40(3)29-52(80)42(5)75-61(83)20-23-90-25-26-91-24-21-65(87)101-77-62(84)16-17-63(77)85/h7-10,38,40,42,45,47-51,54-59,66-71,78H,2,4,11-37H2,1,3,5-6H3,(H2,74,82)(H,75,83)(H,76,88)/t38-,40-,42+,45-,47?,48?,49?,50+,51+,54+,55+,56-,57+,58?,59?,66-,67+,68?,69+,70-,71+,73+/m1/s1. The van der Waals surface area contributed by atoms with E-state index in [1.807, 2.05) is 0 Å². The van der Waals surface area contributed by atoms with E-state index >= 15 is 0 Å². The monoisotopic (exact) mass is 1420 g/mol. The van der Waals surface area contributed by atoms with Crippen LogP contribution in [0, 0.1) is 17.8 Å². The molecule has 12 bridgehead atoms. The van der Waals surface area contributed by atoms with E-state index in [-0.39, 0.29) is 176 Å². The predicted octanol–water partition coefficient (Wildman–Crippen LogP) is 4.00. The first-order valence-corrected chi connectivity index (χ1v) is 36.1. The van der Waals surface area contributed by atoms with Gasteiger partial charge in [-0.1, -0.05) is 51.3 Å². The summed E-state index contributed by atoms with van der Waals surface area (Å²) in [7, 11) is 1.59. The normalized spacial score (nSPS) is 34.1. The number of esters is 1. The molecule has 5 amide bonds. The Kier molecular flexibility index (Phi) is 25.6. The summed E-state index contributed by atoms with van der Waals surface area (Å²) in [5.74, 6) is -7.61. The van der Waals surface area contributed by atoms with Gasteiger partial charge in [-0.15, -0.1) is 5.06 Å². The summed E-state index contributed by atoms with van der Waals surface area (Å²) >= 11 is 0. The molecule has 101 heavy (non-hydrogen) atoms. The Hall–Kier alpha value is -6.28. The van der Waals surface area contributed by atoms with Crippen molar-refractivity contribution >= 4 is 58.8 Å². The number of aliphatic hydroxyl groups excluding tert-OH is 1. The number of ether oxygens (including phenoxy) is 12. The lowest BCUT2D eigenvalue weighted by atomic mass is 9.81. The number of hydrogen-bond acceptors (Lipinski definition) is 24. The summed E-state index contributed by atoms with van der Waals surface area (Å²) in [6.45, 7) is 14.0. The van der Waals surface area contributed by atoms with Crippen molar-refractivity contribution < 1.29 is 115 Å². The van der Waals surface area contributed by atoms with Crippen molar-refractivity contribution in [1.82, 2.24) is 15.7 Å². The van der Waals surface area contributed by atoms with Crippen LogP contribution in [0.1, 0.15) is 167 Å². The molecule has 11 saturated heterocycles. The minimum absolute atomic E-state index is 0.00222. The van der Waals surface area contributed by atoms with Gasteiger partial charge in [-0.2, -0.15) is 0 Å². The minimum atomic E-state index is -1.31. The van der Waals surface area contributed by atoms with Crippen LogP contribution in [0.25, 0.3) is 0 Å². The average Bonchev–Trinajstić information content (AvgIpc) is 1.55. The van der Waals surface area contributed by atoms with Crippen molar-refractivity contribution in [2.75, 3.05) is 33.5 Å². The topological polar surface area (TPSA) is 364 Å². The highest BCUT2D eigenvalue weighted by Crippen LogP contribution is 2.55. The van der Waals surface area contributed by atoms with E-state index in [0.717, 1.165) is 43.3 Å². The molecule has 1 aromatic rings. The van der Waals surface area contributed by atoms with E-state index in [4.69, 9.17) is 67.4 Å². The predicted molar refractivity (Wildman–Crippen MR) is 352 cm³/mol. The zero-order valence-corrected chi connectivity index (χ0v) is 58.3. The Morgan fingerprint density at radius 2 is 1.38 bits per heavy atom. The third-order valence-electron chi connectivity index (χ3n) is 21.6. The van der Waals surface area contributed by atoms with E-state index in [2.05, 4.69) is 30.7 Å². The summed E-state index contributed by atoms with van der Waals surface area (Å²) < 4.78 is 77.1. The highest BCUT2D eigenvalue weighted by molar-refractivity contribution is 6.01. The molecule has 556 valence electrons. The van der Waals surface area contributed by atoms with Gasteiger partial charge in [0.15, 0.2) is 17.4 Å². The molecule has 0 aliphatic carbocycles. The Morgan fingerprint density at radius 1 is 0.693 bits per heavy atom. The Bertz CT molecular complexity index is 3200. The zero-order valence-electron chi connectivity index (χ0n) is 58.3. The molecule has 22 atom stereocenters. The third kappa shape index (κ3) is 19.2. The number of rotatable bonds is 29. The number of nitrogens with zero attached hydrogens (tertiary/aromatic N) is 1. The molecule has 5 N–H and O–H groups in total. The average molecular weight is 1420 g/mol. The van der Waals surface area contributed by atoms with Gasteiger partial charge >= 0.3 is 11.9 Å². The molecule has 6 unspecified atom stereocenters. The lowest BCUT2D eigenvalue weighted by molar-refractivity contribution is -0.292. The van der Waals surface area contributed by atoms with Gasteiger partial charge in [0.05, 0.1) is 118 Å². The van der Waals surface area contributed by atoms with Crippen LogP contribution in [-0.2, 0) is 123 Å². The lowest BCUT2D eigenvalue weighted by Gasteiger charge is -2.47. The van der Waals surface area contributed by atoms with Crippen molar-refractivity contribution in [3.05, 3.63) is 59.7 Å². The van der Waals surface area contributed by atoms with Crippen LogP contribution in [0.4, 0.5) is 0 Å². The fourth-order valence-corrected chi connectivity index (χ4v) is 16.1. The Labute approximate surface area is 587 Å². The molecule has 1 aromatic carbocycles. The first-order valence-electron chi connectivity index (χ1n) is 36.1. The zero-order chi connectivity index (χ0) is 71.8. The molecular weight excluding hydrogens is 1320 g/mol. The van der Waals surface area contributed by atoms with Gasteiger partial charge < -0.3 is 83.2 Å². The number of methoxy groups -OCH3 is 1. The summed E-state index contributed by atoms with van der Waals surface area (Å²) in [5.41, 5.74) is 8.65. The van der Waals surface area contributed by atoms with Crippen molar-refractivity contribution in [2.24, 2.45) is 23.5 Å². The second kappa shape index (κ2) is 34.1. The fourth-order valence-electron chi connectivity index (χ4n) is 16.1. The van der Waals surface area contributed by atoms with Crippen molar-refractivity contribution in [1.29, 1.82) is 0 Å². The van der Waals surface area contributed by atoms with Crippen LogP contribution >= 0.6 is 0 Å².